The maximum atomic E-state index is 12.1. The smallest absolute Gasteiger partial charge is 0.237 e. The second-order valence-electron chi connectivity index (χ2n) is 5.15. The molecule has 4 nitrogen and oxygen atoms in total. The van der Waals surface area contributed by atoms with Crippen LogP contribution in [0.3, 0.4) is 0 Å². The van der Waals surface area contributed by atoms with E-state index in [-0.39, 0.29) is 11.9 Å². The Morgan fingerprint density at radius 1 is 1.44 bits per heavy atom. The Hall–Kier alpha value is -1.08. The number of nitrogens with zero attached hydrogens (tertiary/aromatic N) is 2. The number of nitriles is 1. The van der Waals surface area contributed by atoms with Crippen molar-refractivity contribution >= 4 is 5.91 Å². The maximum absolute atomic E-state index is 12.1. The molecule has 1 rings (SSSR count). The minimum atomic E-state index is -0.202. The Balaban J connectivity index is 2.44. The fourth-order valence-electron chi connectivity index (χ4n) is 2.52. The number of carbonyl (C=O) groups is 1. The highest BCUT2D eigenvalue weighted by molar-refractivity contribution is 5.81. The first kappa shape index (κ1) is 15.0. The lowest BCUT2D eigenvalue weighted by atomic mass is 9.95. The van der Waals surface area contributed by atoms with Crippen LogP contribution in [-0.4, -0.2) is 36.0 Å². The standard InChI is InChI=1S/C14H25N3O/c1-3-10-17(11-9-15)12(2)14(18)16-13-7-5-4-6-8-13/h12-13H,3-8,10-11H2,1-2H3,(H,16,18). The average Bonchev–Trinajstić information content (AvgIpc) is 2.39. The monoisotopic (exact) mass is 251 g/mol. The molecule has 0 radical (unpaired) electrons. The summed E-state index contributed by atoms with van der Waals surface area (Å²) in [6.07, 6.45) is 6.89. The number of amides is 1. The van der Waals surface area contributed by atoms with Crippen molar-refractivity contribution in [3.05, 3.63) is 0 Å². The average molecular weight is 251 g/mol. The molecule has 1 aliphatic carbocycles. The Morgan fingerprint density at radius 3 is 2.67 bits per heavy atom. The molecular formula is C14H25N3O. The lowest BCUT2D eigenvalue weighted by Crippen LogP contribution is -2.49. The number of hydrogen-bond acceptors (Lipinski definition) is 3. The highest BCUT2D eigenvalue weighted by Crippen LogP contribution is 2.17. The van der Waals surface area contributed by atoms with Crippen LogP contribution in [0, 0.1) is 11.3 Å². The SMILES string of the molecule is CCCN(CC#N)C(C)C(=O)NC1CCCCC1. The molecule has 0 aliphatic heterocycles. The summed E-state index contributed by atoms with van der Waals surface area (Å²) in [6.45, 7) is 5.08. The topological polar surface area (TPSA) is 56.1 Å². The normalized spacial score (nSPS) is 18.3. The molecule has 0 spiro atoms. The zero-order valence-electron chi connectivity index (χ0n) is 11.6. The van der Waals surface area contributed by atoms with Crippen LogP contribution in [0.2, 0.25) is 0 Å². The summed E-state index contributed by atoms with van der Waals surface area (Å²) in [5, 5.41) is 11.9. The molecule has 4 heteroatoms. The molecule has 1 fully saturated rings. The molecule has 1 unspecified atom stereocenters. The second-order valence-corrected chi connectivity index (χ2v) is 5.15. The Bertz CT molecular complexity index is 292. The number of hydrogen-bond donors (Lipinski definition) is 1. The second kappa shape index (κ2) is 8.10. The van der Waals surface area contributed by atoms with Gasteiger partial charge in [-0.15, -0.1) is 0 Å². The molecule has 1 amide bonds. The number of carbonyl (C=O) groups excluding carboxylic acids is 1. The third kappa shape index (κ3) is 4.66. The summed E-state index contributed by atoms with van der Waals surface area (Å²) in [5.74, 6) is 0.0746. The van der Waals surface area contributed by atoms with Crippen molar-refractivity contribution < 1.29 is 4.79 Å². The van der Waals surface area contributed by atoms with Gasteiger partial charge in [-0.1, -0.05) is 26.2 Å². The molecule has 1 N–H and O–H groups in total. The molecular weight excluding hydrogens is 226 g/mol. The molecule has 0 bridgehead atoms. The van der Waals surface area contributed by atoms with E-state index in [0.29, 0.717) is 12.6 Å². The van der Waals surface area contributed by atoms with Crippen LogP contribution in [0.4, 0.5) is 0 Å². The van der Waals surface area contributed by atoms with Gasteiger partial charge >= 0.3 is 0 Å². The first-order chi connectivity index (χ1) is 8.69. The van der Waals surface area contributed by atoms with Crippen LogP contribution in [0.1, 0.15) is 52.4 Å². The van der Waals surface area contributed by atoms with Gasteiger partial charge in [-0.3, -0.25) is 9.69 Å². The Kier molecular flexibility index (Phi) is 6.74. The van der Waals surface area contributed by atoms with Gasteiger partial charge in [-0.05, 0) is 32.7 Å². The van der Waals surface area contributed by atoms with Crippen molar-refractivity contribution in [2.75, 3.05) is 13.1 Å². The predicted molar refractivity (Wildman–Crippen MR) is 72.0 cm³/mol. The molecule has 0 aromatic carbocycles. The lowest BCUT2D eigenvalue weighted by molar-refractivity contribution is -0.126. The molecule has 1 aliphatic rings. The van der Waals surface area contributed by atoms with Gasteiger partial charge in [-0.25, -0.2) is 0 Å². The van der Waals surface area contributed by atoms with E-state index < -0.39 is 0 Å². The maximum Gasteiger partial charge on any atom is 0.237 e. The van der Waals surface area contributed by atoms with E-state index in [0.717, 1.165) is 25.8 Å². The van der Waals surface area contributed by atoms with Crippen LogP contribution in [-0.2, 0) is 4.79 Å². The van der Waals surface area contributed by atoms with E-state index in [1.54, 1.807) is 0 Å². The van der Waals surface area contributed by atoms with Crippen molar-refractivity contribution in [3.8, 4) is 6.07 Å². The van der Waals surface area contributed by atoms with Crippen molar-refractivity contribution in [1.29, 1.82) is 5.26 Å². The van der Waals surface area contributed by atoms with Gasteiger partial charge in [0.05, 0.1) is 18.7 Å². The zero-order chi connectivity index (χ0) is 13.4. The van der Waals surface area contributed by atoms with Crippen LogP contribution in [0.15, 0.2) is 0 Å². The van der Waals surface area contributed by atoms with Crippen LogP contribution < -0.4 is 5.32 Å². The van der Waals surface area contributed by atoms with Gasteiger partial charge in [-0.2, -0.15) is 5.26 Å². The van der Waals surface area contributed by atoms with Crippen LogP contribution in [0.5, 0.6) is 0 Å². The molecule has 102 valence electrons. The number of nitrogens with one attached hydrogen (secondary N) is 1. The number of rotatable bonds is 6. The van der Waals surface area contributed by atoms with E-state index in [1.165, 1.54) is 19.3 Å². The van der Waals surface area contributed by atoms with Crippen molar-refractivity contribution in [2.45, 2.75) is 64.5 Å². The molecule has 1 saturated carbocycles. The van der Waals surface area contributed by atoms with Gasteiger partial charge in [0.25, 0.3) is 0 Å². The van der Waals surface area contributed by atoms with Crippen molar-refractivity contribution in [2.24, 2.45) is 0 Å². The first-order valence-corrected chi connectivity index (χ1v) is 7.10. The predicted octanol–water partition coefficient (Wildman–Crippen LogP) is 2.06. The van der Waals surface area contributed by atoms with Gasteiger partial charge in [0.15, 0.2) is 0 Å². The molecule has 0 aromatic heterocycles. The van der Waals surface area contributed by atoms with Crippen LogP contribution in [0.25, 0.3) is 0 Å². The quantitative estimate of drug-likeness (QED) is 0.735. The zero-order valence-corrected chi connectivity index (χ0v) is 11.6. The lowest BCUT2D eigenvalue weighted by Gasteiger charge is -2.29. The highest BCUT2D eigenvalue weighted by Gasteiger charge is 2.23. The van der Waals surface area contributed by atoms with E-state index in [9.17, 15) is 4.79 Å². The van der Waals surface area contributed by atoms with E-state index in [4.69, 9.17) is 5.26 Å². The van der Waals surface area contributed by atoms with Gasteiger partial charge in [0.1, 0.15) is 0 Å². The Labute approximate surface area is 110 Å². The van der Waals surface area contributed by atoms with Gasteiger partial charge in [0.2, 0.25) is 5.91 Å². The molecule has 0 saturated heterocycles. The fourth-order valence-corrected chi connectivity index (χ4v) is 2.52. The van der Waals surface area contributed by atoms with Crippen molar-refractivity contribution in [1.82, 2.24) is 10.2 Å². The third-order valence-corrected chi connectivity index (χ3v) is 3.66. The van der Waals surface area contributed by atoms with E-state index >= 15 is 0 Å². The summed E-state index contributed by atoms with van der Waals surface area (Å²) in [6, 6.07) is 2.28. The summed E-state index contributed by atoms with van der Waals surface area (Å²) >= 11 is 0. The molecule has 18 heavy (non-hydrogen) atoms. The molecule has 0 heterocycles. The summed E-state index contributed by atoms with van der Waals surface area (Å²) < 4.78 is 0. The first-order valence-electron chi connectivity index (χ1n) is 7.10. The summed E-state index contributed by atoms with van der Waals surface area (Å²) in [7, 11) is 0. The highest BCUT2D eigenvalue weighted by atomic mass is 16.2. The largest absolute Gasteiger partial charge is 0.352 e. The fraction of sp³-hybridized carbons (Fsp3) is 0.857. The van der Waals surface area contributed by atoms with Crippen LogP contribution >= 0.6 is 0 Å². The minimum absolute atomic E-state index is 0.0746. The molecule has 1 atom stereocenters. The van der Waals surface area contributed by atoms with Crippen molar-refractivity contribution in [3.63, 3.8) is 0 Å². The Morgan fingerprint density at radius 2 is 2.11 bits per heavy atom. The third-order valence-electron chi connectivity index (χ3n) is 3.66. The van der Waals surface area contributed by atoms with Gasteiger partial charge < -0.3 is 5.32 Å². The molecule has 0 aromatic rings. The minimum Gasteiger partial charge on any atom is -0.352 e. The van der Waals surface area contributed by atoms with Gasteiger partial charge in [0, 0.05) is 6.04 Å². The summed E-state index contributed by atoms with van der Waals surface area (Å²) in [5.41, 5.74) is 0. The summed E-state index contributed by atoms with van der Waals surface area (Å²) in [4.78, 5) is 14.1. The van der Waals surface area contributed by atoms with E-state index in [1.807, 2.05) is 11.8 Å². The van der Waals surface area contributed by atoms with E-state index in [2.05, 4.69) is 18.3 Å².